The largest absolute Gasteiger partial charge is 0.271 e. The van der Waals surface area contributed by atoms with E-state index in [1.165, 1.54) is 0 Å². The van der Waals surface area contributed by atoms with Crippen LogP contribution in [0, 0.1) is 6.92 Å². The van der Waals surface area contributed by atoms with Gasteiger partial charge in [-0.25, -0.2) is 15.4 Å². The zero-order valence-corrected chi connectivity index (χ0v) is 13.4. The van der Waals surface area contributed by atoms with Crippen LogP contribution >= 0.6 is 11.6 Å². The minimum atomic E-state index is -0.199. The van der Waals surface area contributed by atoms with Crippen LogP contribution in [0.4, 0.5) is 0 Å². The number of hydrazine groups is 1. The van der Waals surface area contributed by atoms with Gasteiger partial charge in [-0.2, -0.15) is 5.10 Å². The Hall–Kier alpha value is -1.50. The van der Waals surface area contributed by atoms with Crippen LogP contribution in [-0.2, 0) is 19.4 Å². The number of hydrogen-bond donors (Lipinski definition) is 2. The van der Waals surface area contributed by atoms with Crippen LogP contribution in [0.3, 0.4) is 0 Å². The van der Waals surface area contributed by atoms with Crippen LogP contribution in [0.5, 0.6) is 0 Å². The van der Waals surface area contributed by atoms with Crippen molar-refractivity contribution in [2.24, 2.45) is 5.84 Å². The summed E-state index contributed by atoms with van der Waals surface area (Å²) in [6.45, 7) is 6.80. The second-order valence-electron chi connectivity index (χ2n) is 4.92. The monoisotopic (exact) mass is 308 g/mol. The van der Waals surface area contributed by atoms with Gasteiger partial charge in [-0.05, 0) is 25.8 Å². The number of aromatic nitrogens is 4. The van der Waals surface area contributed by atoms with E-state index in [0.29, 0.717) is 17.3 Å². The fourth-order valence-corrected chi connectivity index (χ4v) is 2.56. The summed E-state index contributed by atoms with van der Waals surface area (Å²) in [4.78, 5) is 8.66. The van der Waals surface area contributed by atoms with Crippen molar-refractivity contribution in [3.63, 3.8) is 0 Å². The maximum absolute atomic E-state index is 6.43. The fourth-order valence-electron chi connectivity index (χ4n) is 2.21. The lowest BCUT2D eigenvalue weighted by Gasteiger charge is -2.15. The summed E-state index contributed by atoms with van der Waals surface area (Å²) in [6.07, 6.45) is 4.96. The minimum absolute atomic E-state index is 0.199. The van der Waals surface area contributed by atoms with Gasteiger partial charge >= 0.3 is 0 Å². The van der Waals surface area contributed by atoms with Crippen molar-refractivity contribution in [2.45, 2.75) is 46.2 Å². The highest BCUT2D eigenvalue weighted by Gasteiger charge is 2.21. The van der Waals surface area contributed by atoms with E-state index in [-0.39, 0.29) is 6.04 Å². The van der Waals surface area contributed by atoms with Crippen LogP contribution in [0.25, 0.3) is 0 Å². The van der Waals surface area contributed by atoms with Gasteiger partial charge in [0.25, 0.3) is 0 Å². The Balaban J connectivity index is 2.30. The quantitative estimate of drug-likeness (QED) is 0.630. The Morgan fingerprint density at radius 3 is 2.52 bits per heavy atom. The van der Waals surface area contributed by atoms with Crippen LogP contribution in [-0.4, -0.2) is 19.7 Å². The molecule has 0 saturated carbocycles. The van der Waals surface area contributed by atoms with E-state index in [1.807, 2.05) is 25.5 Å². The molecule has 0 aromatic carbocycles. The summed E-state index contributed by atoms with van der Waals surface area (Å²) in [5.74, 6) is 6.32. The molecule has 0 radical (unpaired) electrons. The third kappa shape index (κ3) is 3.40. The molecule has 0 fully saturated rings. The predicted octanol–water partition coefficient (Wildman–Crippen LogP) is 1.96. The number of nitrogens with two attached hydrogens (primary N) is 1. The molecule has 2 heterocycles. The maximum atomic E-state index is 6.43. The van der Waals surface area contributed by atoms with E-state index in [9.17, 15) is 0 Å². The molecule has 0 aliphatic carbocycles. The van der Waals surface area contributed by atoms with Gasteiger partial charge in [-0.15, -0.1) is 0 Å². The van der Waals surface area contributed by atoms with Crippen LogP contribution in [0.2, 0.25) is 5.02 Å². The summed E-state index contributed by atoms with van der Waals surface area (Å²) in [5, 5.41) is 5.23. The van der Waals surface area contributed by atoms with Crippen LogP contribution < -0.4 is 11.3 Å². The van der Waals surface area contributed by atoms with Crippen molar-refractivity contribution in [3.8, 4) is 0 Å². The molecule has 3 N–H and O–H groups in total. The lowest BCUT2D eigenvalue weighted by molar-refractivity contribution is 0.495. The molecule has 0 saturated heterocycles. The topological polar surface area (TPSA) is 81.7 Å². The summed E-state index contributed by atoms with van der Waals surface area (Å²) in [6, 6.07) is -0.199. The van der Waals surface area contributed by atoms with E-state index >= 15 is 0 Å². The number of aryl methyl sites for hydroxylation is 3. The Morgan fingerprint density at radius 1 is 1.33 bits per heavy atom. The molecule has 7 heteroatoms. The molecule has 0 aliphatic rings. The summed E-state index contributed by atoms with van der Waals surface area (Å²) >= 11 is 6.43. The lowest BCUT2D eigenvalue weighted by Crippen LogP contribution is -2.31. The highest BCUT2D eigenvalue weighted by molar-refractivity contribution is 6.31. The van der Waals surface area contributed by atoms with Crippen molar-refractivity contribution in [1.29, 1.82) is 0 Å². The second kappa shape index (κ2) is 6.98. The maximum Gasteiger partial charge on any atom is 0.146 e. The number of rotatable bonds is 6. The molecule has 1 atom stereocenters. The van der Waals surface area contributed by atoms with Crippen LogP contribution in [0.15, 0.2) is 12.4 Å². The van der Waals surface area contributed by atoms with Crippen molar-refractivity contribution in [2.75, 3.05) is 0 Å². The standard InChI is InChI=1S/C14H21ClN6/c1-4-10-13(15)12(21(5-2)20-10)6-11(19-16)14-17-7-9(3)8-18-14/h7-8,11,19H,4-6,16H2,1-3H3. The smallest absolute Gasteiger partial charge is 0.146 e. The first-order valence-corrected chi connectivity index (χ1v) is 7.47. The van der Waals surface area contributed by atoms with Gasteiger partial charge in [0.2, 0.25) is 0 Å². The lowest BCUT2D eigenvalue weighted by atomic mass is 10.1. The molecule has 2 aromatic heterocycles. The van der Waals surface area contributed by atoms with Gasteiger partial charge in [0, 0.05) is 25.4 Å². The summed E-state index contributed by atoms with van der Waals surface area (Å²) in [7, 11) is 0. The van der Waals surface area contributed by atoms with Crippen molar-refractivity contribution < 1.29 is 0 Å². The van der Waals surface area contributed by atoms with Gasteiger partial charge in [0.05, 0.1) is 22.5 Å². The van der Waals surface area contributed by atoms with Gasteiger partial charge in [0.1, 0.15) is 5.82 Å². The molecular weight excluding hydrogens is 288 g/mol. The first kappa shape index (κ1) is 15.9. The molecule has 0 bridgehead atoms. The summed E-state index contributed by atoms with van der Waals surface area (Å²) in [5.41, 5.74) is 5.65. The van der Waals surface area contributed by atoms with Crippen molar-refractivity contribution >= 4 is 11.6 Å². The molecule has 21 heavy (non-hydrogen) atoms. The normalized spacial score (nSPS) is 12.6. The van der Waals surface area contributed by atoms with Gasteiger partial charge in [-0.1, -0.05) is 18.5 Å². The predicted molar refractivity (Wildman–Crippen MR) is 82.8 cm³/mol. The van der Waals surface area contributed by atoms with E-state index in [4.69, 9.17) is 17.4 Å². The molecule has 1 unspecified atom stereocenters. The van der Waals surface area contributed by atoms with E-state index < -0.39 is 0 Å². The Bertz CT molecular complexity index is 592. The molecule has 0 aliphatic heterocycles. The molecule has 0 amide bonds. The number of nitrogens with zero attached hydrogens (tertiary/aromatic N) is 4. The number of hydrogen-bond acceptors (Lipinski definition) is 5. The Labute approximate surface area is 129 Å². The van der Waals surface area contributed by atoms with Crippen LogP contribution in [0.1, 0.15) is 42.7 Å². The minimum Gasteiger partial charge on any atom is -0.271 e. The molecule has 2 rings (SSSR count). The number of halogens is 1. The molecule has 114 valence electrons. The van der Waals surface area contributed by atoms with E-state index in [1.54, 1.807) is 12.4 Å². The van der Waals surface area contributed by atoms with Gasteiger partial charge in [0.15, 0.2) is 0 Å². The van der Waals surface area contributed by atoms with Gasteiger partial charge in [-0.3, -0.25) is 10.5 Å². The average Bonchev–Trinajstić information content (AvgIpc) is 2.81. The third-order valence-electron chi connectivity index (χ3n) is 3.41. The Kier molecular flexibility index (Phi) is 5.27. The molecule has 6 nitrogen and oxygen atoms in total. The summed E-state index contributed by atoms with van der Waals surface area (Å²) < 4.78 is 1.92. The van der Waals surface area contributed by atoms with E-state index in [2.05, 4.69) is 20.5 Å². The first-order valence-electron chi connectivity index (χ1n) is 7.09. The molecule has 0 spiro atoms. The van der Waals surface area contributed by atoms with Crippen molar-refractivity contribution in [1.82, 2.24) is 25.2 Å². The van der Waals surface area contributed by atoms with E-state index in [0.717, 1.165) is 29.9 Å². The highest BCUT2D eigenvalue weighted by Crippen LogP contribution is 2.25. The highest BCUT2D eigenvalue weighted by atomic mass is 35.5. The number of nitrogens with one attached hydrogen (secondary N) is 1. The third-order valence-corrected chi connectivity index (χ3v) is 3.84. The molecular formula is C14H21ClN6. The molecule has 2 aromatic rings. The average molecular weight is 309 g/mol. The zero-order valence-electron chi connectivity index (χ0n) is 12.6. The first-order chi connectivity index (χ1) is 10.1. The fraction of sp³-hybridized carbons (Fsp3) is 0.500. The zero-order chi connectivity index (χ0) is 15.4. The van der Waals surface area contributed by atoms with Gasteiger partial charge < -0.3 is 0 Å². The Morgan fingerprint density at radius 2 is 2.00 bits per heavy atom. The SMILES string of the molecule is CCc1nn(CC)c(CC(NN)c2ncc(C)cn2)c1Cl. The van der Waals surface area contributed by atoms with Crippen molar-refractivity contribution in [3.05, 3.63) is 40.2 Å². The second-order valence-corrected chi connectivity index (χ2v) is 5.30.